The lowest BCUT2D eigenvalue weighted by molar-refractivity contribution is 0.245. The molecule has 0 N–H and O–H groups in total. The highest BCUT2D eigenvalue weighted by atomic mass is 16.5. The maximum Gasteiger partial charge on any atom is 0.148 e. The predicted molar refractivity (Wildman–Crippen MR) is 258 cm³/mol. The fourth-order valence-corrected chi connectivity index (χ4v) is 11.6. The van der Waals surface area contributed by atoms with Gasteiger partial charge in [-0.2, -0.15) is 0 Å². The van der Waals surface area contributed by atoms with Crippen LogP contribution in [-0.2, 0) is 12.8 Å². The first-order chi connectivity index (χ1) is 30.4. The molecule has 2 heterocycles. The molecule has 2 aliphatic heterocycles. The molecule has 0 fully saturated rings. The molecule has 0 saturated carbocycles. The third-order valence-corrected chi connectivity index (χ3v) is 14.5. The summed E-state index contributed by atoms with van der Waals surface area (Å²) in [6.45, 7) is 9.48. The quantitative estimate of drug-likeness (QED) is 0.113. The van der Waals surface area contributed by atoms with Gasteiger partial charge in [0.2, 0.25) is 0 Å². The summed E-state index contributed by atoms with van der Waals surface area (Å²) in [4.78, 5) is 5.07. The van der Waals surface area contributed by atoms with Gasteiger partial charge in [0.15, 0.2) is 0 Å². The van der Waals surface area contributed by atoms with Crippen molar-refractivity contribution < 1.29 is 9.47 Å². The van der Waals surface area contributed by atoms with Crippen LogP contribution in [0.15, 0.2) is 151 Å². The molecule has 6 aromatic carbocycles. The molecule has 4 atom stereocenters. The Balaban J connectivity index is 1.15. The van der Waals surface area contributed by atoms with E-state index in [2.05, 4.69) is 183 Å². The zero-order chi connectivity index (χ0) is 41.6. The molecule has 0 bridgehead atoms. The van der Waals surface area contributed by atoms with E-state index in [-0.39, 0.29) is 18.1 Å². The molecule has 4 aliphatic carbocycles. The minimum absolute atomic E-state index is 0.00193. The van der Waals surface area contributed by atoms with E-state index in [4.69, 9.17) is 9.47 Å². The Bertz CT molecular complexity index is 2960. The van der Waals surface area contributed by atoms with E-state index in [1.807, 2.05) is 0 Å². The van der Waals surface area contributed by atoms with Crippen LogP contribution < -0.4 is 19.3 Å². The third kappa shape index (κ3) is 5.71. The number of fused-ring (bicyclic) bond motifs is 6. The number of hydrogen-bond donors (Lipinski definition) is 0. The summed E-state index contributed by atoms with van der Waals surface area (Å²) in [5, 5.41) is 5.47. The largest absolute Gasteiger partial charge is 0.483 e. The van der Waals surface area contributed by atoms with Gasteiger partial charge in [-0.25, -0.2) is 0 Å². The van der Waals surface area contributed by atoms with Gasteiger partial charge in [-0.05, 0) is 143 Å². The SMILES string of the molecule is CC(C)c1cc(N(c2ccccc2)c2cccc3c2OC2C=CC=CC32)c2ccc3c(C(C)C)cc(N(C4=CCCC=C4)c4cccc5c4OC4C=CCC[C@@H]54)c4c3c2c1CC4. The molecule has 308 valence electrons. The number of anilines is 5. The summed E-state index contributed by atoms with van der Waals surface area (Å²) >= 11 is 0. The van der Waals surface area contributed by atoms with Crippen LogP contribution in [0.3, 0.4) is 0 Å². The first kappa shape index (κ1) is 37.5. The lowest BCUT2D eigenvalue weighted by atomic mass is 9.78. The number of ether oxygens (including phenoxy) is 2. The normalized spacial score (nSPS) is 21.2. The summed E-state index contributed by atoms with van der Waals surface area (Å²) in [7, 11) is 0. The van der Waals surface area contributed by atoms with E-state index >= 15 is 0 Å². The van der Waals surface area contributed by atoms with Gasteiger partial charge < -0.3 is 19.3 Å². The molecule has 6 aliphatic rings. The molecule has 12 rings (SSSR count). The summed E-state index contributed by atoms with van der Waals surface area (Å²) in [5.74, 6) is 3.28. The highest BCUT2D eigenvalue weighted by Gasteiger charge is 2.39. The van der Waals surface area contributed by atoms with Crippen LogP contribution in [0.1, 0.15) is 110 Å². The zero-order valence-electron chi connectivity index (χ0n) is 36.3. The summed E-state index contributed by atoms with van der Waals surface area (Å²) in [6, 6.07) is 34.5. The van der Waals surface area contributed by atoms with Crippen molar-refractivity contribution in [3.05, 3.63) is 185 Å². The highest BCUT2D eigenvalue weighted by molar-refractivity contribution is 6.19. The molecular weight excluding hydrogens is 757 g/mol. The van der Waals surface area contributed by atoms with Gasteiger partial charge in [0.1, 0.15) is 23.7 Å². The van der Waals surface area contributed by atoms with Gasteiger partial charge in [0, 0.05) is 39.7 Å². The van der Waals surface area contributed by atoms with Crippen molar-refractivity contribution in [1.29, 1.82) is 0 Å². The van der Waals surface area contributed by atoms with Crippen molar-refractivity contribution in [1.82, 2.24) is 0 Å². The summed E-state index contributed by atoms with van der Waals surface area (Å²) in [5.41, 5.74) is 15.4. The summed E-state index contributed by atoms with van der Waals surface area (Å²) in [6.07, 6.45) is 26.9. The second kappa shape index (κ2) is 14.7. The van der Waals surface area contributed by atoms with E-state index in [9.17, 15) is 0 Å². The first-order valence-electron chi connectivity index (χ1n) is 23.2. The average molecular weight is 811 g/mol. The number of allylic oxidation sites excluding steroid dienone is 6. The van der Waals surface area contributed by atoms with Crippen molar-refractivity contribution in [2.75, 3.05) is 9.80 Å². The minimum Gasteiger partial charge on any atom is -0.483 e. The number of hydrogen-bond acceptors (Lipinski definition) is 4. The fourth-order valence-electron chi connectivity index (χ4n) is 11.6. The Hall–Kier alpha value is -6.26. The number of benzene rings is 6. The maximum atomic E-state index is 6.98. The molecule has 4 nitrogen and oxygen atoms in total. The van der Waals surface area contributed by atoms with Gasteiger partial charge in [-0.3, -0.25) is 0 Å². The number of aryl methyl sites for hydroxylation is 2. The lowest BCUT2D eigenvalue weighted by Crippen LogP contribution is -2.21. The van der Waals surface area contributed by atoms with Crippen molar-refractivity contribution in [3.8, 4) is 11.5 Å². The van der Waals surface area contributed by atoms with Gasteiger partial charge in [-0.15, -0.1) is 0 Å². The first-order valence-corrected chi connectivity index (χ1v) is 23.2. The zero-order valence-corrected chi connectivity index (χ0v) is 36.3. The Morgan fingerprint density at radius 1 is 0.565 bits per heavy atom. The summed E-state index contributed by atoms with van der Waals surface area (Å²) < 4.78 is 13.9. The van der Waals surface area contributed by atoms with Crippen molar-refractivity contribution in [2.45, 2.75) is 102 Å². The van der Waals surface area contributed by atoms with Crippen LogP contribution in [-0.4, -0.2) is 12.2 Å². The van der Waals surface area contributed by atoms with Gasteiger partial charge in [0.05, 0.1) is 22.7 Å². The Morgan fingerprint density at radius 3 is 2.08 bits per heavy atom. The molecular formula is C58H54N2O2. The maximum absolute atomic E-state index is 6.98. The minimum atomic E-state index is -0.00193. The van der Waals surface area contributed by atoms with Crippen LogP contribution in [0.4, 0.5) is 28.4 Å². The van der Waals surface area contributed by atoms with Crippen LogP contribution in [0.2, 0.25) is 0 Å². The average Bonchev–Trinajstić information content (AvgIpc) is 3.89. The van der Waals surface area contributed by atoms with Crippen LogP contribution in [0.5, 0.6) is 11.5 Å². The number of para-hydroxylation sites is 3. The Kier molecular flexibility index (Phi) is 8.88. The Labute approximate surface area is 366 Å². The lowest BCUT2D eigenvalue weighted by Gasteiger charge is -2.35. The fraction of sp³-hybridized carbons (Fsp3) is 0.276. The number of rotatable bonds is 8. The molecule has 0 amide bonds. The molecule has 3 unspecified atom stereocenters. The second-order valence-corrected chi connectivity index (χ2v) is 18.7. The van der Waals surface area contributed by atoms with Gasteiger partial charge in [-0.1, -0.05) is 119 Å². The van der Waals surface area contributed by atoms with Crippen molar-refractivity contribution in [2.24, 2.45) is 0 Å². The standard InChI is InChI=1S/C58H54N2O2/c1-35(2)47-33-51(59(37-17-7-5-8-18-37)49-25-15-23-43-39-21-11-13-27-53(39)61-57(43)49)45-32-30-42-48(36(3)4)34-52(46-31-29-41(47)55(45)56(42)46)60(38-19-9-6-10-20-38)50-26-16-24-44-40-22-12-14-28-54(40)62-58(44)50/h5,7-9,11,13-21,23-28,30,32-36,39-40,53-54H,6,10,12,22,29,31H2,1-4H3/t39?,40-,53?,54?/m0/s1. The highest BCUT2D eigenvalue weighted by Crippen LogP contribution is 2.56. The third-order valence-electron chi connectivity index (χ3n) is 14.5. The molecule has 6 aromatic rings. The van der Waals surface area contributed by atoms with E-state index in [0.29, 0.717) is 17.8 Å². The predicted octanol–water partition coefficient (Wildman–Crippen LogP) is 15.3. The molecule has 0 spiro atoms. The van der Waals surface area contributed by atoms with Crippen LogP contribution in [0.25, 0.3) is 21.5 Å². The smallest absolute Gasteiger partial charge is 0.148 e. The monoisotopic (exact) mass is 810 g/mol. The van der Waals surface area contributed by atoms with Gasteiger partial charge in [0.25, 0.3) is 0 Å². The van der Waals surface area contributed by atoms with E-state index in [1.54, 1.807) is 0 Å². The molecule has 0 aromatic heterocycles. The second-order valence-electron chi connectivity index (χ2n) is 18.7. The molecule has 4 heteroatoms. The Morgan fingerprint density at radius 2 is 1.27 bits per heavy atom. The van der Waals surface area contributed by atoms with E-state index in [0.717, 1.165) is 67.1 Å². The molecule has 62 heavy (non-hydrogen) atoms. The van der Waals surface area contributed by atoms with Crippen molar-refractivity contribution >= 4 is 50.0 Å². The van der Waals surface area contributed by atoms with Crippen molar-refractivity contribution in [3.63, 3.8) is 0 Å². The van der Waals surface area contributed by atoms with E-state index in [1.165, 1.54) is 72.0 Å². The topological polar surface area (TPSA) is 24.9 Å². The molecule has 0 saturated heterocycles. The van der Waals surface area contributed by atoms with Crippen LogP contribution in [0, 0.1) is 0 Å². The number of nitrogens with zero attached hydrogens (tertiary/aromatic N) is 2. The van der Waals surface area contributed by atoms with E-state index < -0.39 is 0 Å². The van der Waals surface area contributed by atoms with Crippen LogP contribution >= 0.6 is 0 Å². The molecule has 0 radical (unpaired) electrons. The van der Waals surface area contributed by atoms with Gasteiger partial charge >= 0.3 is 0 Å².